The number of rotatable bonds is 5. The summed E-state index contributed by atoms with van der Waals surface area (Å²) < 4.78 is 0. The molecule has 1 amide bonds. The van der Waals surface area contributed by atoms with Crippen molar-refractivity contribution in [2.75, 3.05) is 18.5 Å². The topological polar surface area (TPSA) is 45.2 Å². The molecule has 0 fully saturated rings. The number of nitrogens with zero attached hydrogens (tertiary/aromatic N) is 2. The van der Waals surface area contributed by atoms with Gasteiger partial charge >= 0.3 is 0 Å². The average Bonchev–Trinajstić information content (AvgIpc) is 2.65. The SMILES string of the molecule is C[C@H](CNC(=O)c1ccc2ccccc2n1)N(C)c1ccccc1. The highest BCUT2D eigenvalue weighted by Gasteiger charge is 2.13. The van der Waals surface area contributed by atoms with E-state index in [0.717, 1.165) is 16.6 Å². The summed E-state index contributed by atoms with van der Waals surface area (Å²) in [6, 6.07) is 21.8. The third-order valence-electron chi connectivity index (χ3n) is 4.21. The van der Waals surface area contributed by atoms with Gasteiger partial charge in [0.2, 0.25) is 0 Å². The van der Waals surface area contributed by atoms with Crippen molar-refractivity contribution >= 4 is 22.5 Å². The Labute approximate surface area is 142 Å². The van der Waals surface area contributed by atoms with Crippen LogP contribution in [-0.4, -0.2) is 30.5 Å². The van der Waals surface area contributed by atoms with Gasteiger partial charge in [-0.15, -0.1) is 0 Å². The van der Waals surface area contributed by atoms with Crippen molar-refractivity contribution in [1.82, 2.24) is 10.3 Å². The Bertz CT molecular complexity index is 832. The first-order chi connectivity index (χ1) is 11.6. The lowest BCUT2D eigenvalue weighted by Gasteiger charge is -2.27. The third kappa shape index (κ3) is 3.54. The summed E-state index contributed by atoms with van der Waals surface area (Å²) in [6.07, 6.45) is 0. The van der Waals surface area contributed by atoms with Gasteiger partial charge in [0.15, 0.2) is 0 Å². The summed E-state index contributed by atoms with van der Waals surface area (Å²) in [4.78, 5) is 18.9. The number of hydrogen-bond donors (Lipinski definition) is 1. The standard InChI is InChI=1S/C20H21N3O/c1-15(23(2)17-9-4-3-5-10-17)14-21-20(24)19-13-12-16-8-6-7-11-18(16)22-19/h3-13,15H,14H2,1-2H3,(H,21,24)/t15-/m1/s1. The molecule has 0 unspecified atom stereocenters. The van der Waals surface area contributed by atoms with Gasteiger partial charge in [0, 0.05) is 30.7 Å². The fraction of sp³-hybridized carbons (Fsp3) is 0.200. The Morgan fingerprint density at radius 1 is 1.04 bits per heavy atom. The van der Waals surface area contributed by atoms with Gasteiger partial charge in [-0.05, 0) is 31.2 Å². The van der Waals surface area contributed by atoms with Gasteiger partial charge in [0.25, 0.3) is 5.91 Å². The number of benzene rings is 2. The molecule has 0 aliphatic carbocycles. The molecule has 1 atom stereocenters. The summed E-state index contributed by atoms with van der Waals surface area (Å²) >= 11 is 0. The van der Waals surface area contributed by atoms with Crippen LogP contribution in [0.1, 0.15) is 17.4 Å². The van der Waals surface area contributed by atoms with Crippen LogP contribution in [0.2, 0.25) is 0 Å². The van der Waals surface area contributed by atoms with Crippen LogP contribution >= 0.6 is 0 Å². The molecule has 4 heteroatoms. The van der Waals surface area contributed by atoms with E-state index in [1.807, 2.05) is 55.6 Å². The van der Waals surface area contributed by atoms with Crippen molar-refractivity contribution in [3.63, 3.8) is 0 Å². The molecule has 1 N–H and O–H groups in total. The van der Waals surface area contributed by atoms with E-state index in [-0.39, 0.29) is 11.9 Å². The number of anilines is 1. The van der Waals surface area contributed by atoms with Crippen LogP contribution in [0.15, 0.2) is 66.7 Å². The highest BCUT2D eigenvalue weighted by Crippen LogP contribution is 2.14. The van der Waals surface area contributed by atoms with E-state index < -0.39 is 0 Å². The second kappa shape index (κ2) is 7.13. The van der Waals surface area contributed by atoms with Crippen molar-refractivity contribution in [2.24, 2.45) is 0 Å². The number of carbonyl (C=O) groups is 1. The Morgan fingerprint density at radius 2 is 1.75 bits per heavy atom. The molecule has 122 valence electrons. The highest BCUT2D eigenvalue weighted by atomic mass is 16.1. The van der Waals surface area contributed by atoms with Crippen LogP contribution < -0.4 is 10.2 Å². The van der Waals surface area contributed by atoms with Gasteiger partial charge in [0.05, 0.1) is 5.52 Å². The Morgan fingerprint density at radius 3 is 2.54 bits per heavy atom. The zero-order valence-electron chi connectivity index (χ0n) is 13.9. The van der Waals surface area contributed by atoms with Crippen LogP contribution in [0, 0.1) is 0 Å². The number of para-hydroxylation sites is 2. The third-order valence-corrected chi connectivity index (χ3v) is 4.21. The number of carbonyl (C=O) groups excluding carboxylic acids is 1. The molecule has 1 aromatic heterocycles. The summed E-state index contributed by atoms with van der Waals surface area (Å²) in [5.74, 6) is -0.144. The Balaban J connectivity index is 1.63. The predicted molar refractivity (Wildman–Crippen MR) is 98.4 cm³/mol. The normalized spacial score (nSPS) is 11.9. The van der Waals surface area contributed by atoms with E-state index in [1.54, 1.807) is 6.07 Å². The lowest BCUT2D eigenvalue weighted by atomic mass is 10.2. The molecular formula is C20H21N3O. The second-order valence-corrected chi connectivity index (χ2v) is 5.89. The largest absolute Gasteiger partial charge is 0.370 e. The van der Waals surface area contributed by atoms with E-state index >= 15 is 0 Å². The predicted octanol–water partition coefficient (Wildman–Crippen LogP) is 3.49. The van der Waals surface area contributed by atoms with Crippen LogP contribution in [0.3, 0.4) is 0 Å². The summed E-state index contributed by atoms with van der Waals surface area (Å²) in [5, 5.41) is 4.00. The number of amides is 1. The van der Waals surface area contributed by atoms with Gasteiger partial charge in [0.1, 0.15) is 5.69 Å². The summed E-state index contributed by atoms with van der Waals surface area (Å²) in [6.45, 7) is 2.64. The van der Waals surface area contributed by atoms with Crippen LogP contribution in [0.25, 0.3) is 10.9 Å². The Kier molecular flexibility index (Phi) is 4.75. The van der Waals surface area contributed by atoms with E-state index in [1.165, 1.54) is 0 Å². The van der Waals surface area contributed by atoms with Gasteiger partial charge in [-0.3, -0.25) is 4.79 Å². The lowest BCUT2D eigenvalue weighted by Crippen LogP contribution is -2.40. The van der Waals surface area contributed by atoms with Crippen molar-refractivity contribution in [1.29, 1.82) is 0 Å². The number of likely N-dealkylation sites (N-methyl/N-ethyl adjacent to an activating group) is 1. The summed E-state index contributed by atoms with van der Waals surface area (Å²) in [7, 11) is 2.03. The highest BCUT2D eigenvalue weighted by molar-refractivity contribution is 5.94. The maximum atomic E-state index is 12.4. The minimum absolute atomic E-state index is 0.144. The molecule has 0 spiro atoms. The Hall–Kier alpha value is -2.88. The first kappa shape index (κ1) is 16.0. The first-order valence-corrected chi connectivity index (χ1v) is 8.07. The molecule has 2 aromatic carbocycles. The van der Waals surface area contributed by atoms with Crippen LogP contribution in [0.5, 0.6) is 0 Å². The van der Waals surface area contributed by atoms with E-state index in [2.05, 4.69) is 34.3 Å². The molecule has 0 radical (unpaired) electrons. The smallest absolute Gasteiger partial charge is 0.269 e. The zero-order chi connectivity index (χ0) is 16.9. The minimum Gasteiger partial charge on any atom is -0.370 e. The number of nitrogens with one attached hydrogen (secondary N) is 1. The van der Waals surface area contributed by atoms with Crippen molar-refractivity contribution in [2.45, 2.75) is 13.0 Å². The van der Waals surface area contributed by atoms with E-state index in [9.17, 15) is 4.79 Å². The molecule has 0 bridgehead atoms. The lowest BCUT2D eigenvalue weighted by molar-refractivity contribution is 0.0947. The second-order valence-electron chi connectivity index (χ2n) is 5.89. The van der Waals surface area contributed by atoms with Gasteiger partial charge in [-0.25, -0.2) is 4.98 Å². The van der Waals surface area contributed by atoms with E-state index in [4.69, 9.17) is 0 Å². The quantitative estimate of drug-likeness (QED) is 0.783. The molecule has 0 saturated heterocycles. The first-order valence-electron chi connectivity index (χ1n) is 8.07. The van der Waals surface area contributed by atoms with Crippen LogP contribution in [-0.2, 0) is 0 Å². The number of pyridine rings is 1. The number of hydrogen-bond acceptors (Lipinski definition) is 3. The fourth-order valence-electron chi connectivity index (χ4n) is 2.58. The summed E-state index contributed by atoms with van der Waals surface area (Å²) in [5.41, 5.74) is 2.41. The monoisotopic (exact) mass is 319 g/mol. The number of fused-ring (bicyclic) bond motifs is 1. The maximum absolute atomic E-state index is 12.4. The van der Waals surface area contributed by atoms with Gasteiger partial charge in [-0.1, -0.05) is 42.5 Å². The molecule has 4 nitrogen and oxygen atoms in total. The molecular weight excluding hydrogens is 298 g/mol. The molecule has 1 heterocycles. The molecule has 0 aliphatic heterocycles. The van der Waals surface area contributed by atoms with Gasteiger partial charge in [-0.2, -0.15) is 0 Å². The van der Waals surface area contributed by atoms with Crippen molar-refractivity contribution in [3.8, 4) is 0 Å². The average molecular weight is 319 g/mol. The molecule has 0 saturated carbocycles. The van der Waals surface area contributed by atoms with Crippen molar-refractivity contribution in [3.05, 3.63) is 72.4 Å². The molecule has 3 aromatic rings. The maximum Gasteiger partial charge on any atom is 0.269 e. The van der Waals surface area contributed by atoms with Crippen molar-refractivity contribution < 1.29 is 4.79 Å². The van der Waals surface area contributed by atoms with Gasteiger partial charge < -0.3 is 10.2 Å². The number of aromatic nitrogens is 1. The molecule has 0 aliphatic rings. The molecule has 3 rings (SSSR count). The minimum atomic E-state index is -0.144. The van der Waals surface area contributed by atoms with E-state index in [0.29, 0.717) is 12.2 Å². The fourth-order valence-corrected chi connectivity index (χ4v) is 2.58. The zero-order valence-corrected chi connectivity index (χ0v) is 13.9. The molecule has 24 heavy (non-hydrogen) atoms. The van der Waals surface area contributed by atoms with Crippen LogP contribution in [0.4, 0.5) is 5.69 Å².